The molecule has 18 heteroatoms. The summed E-state index contributed by atoms with van der Waals surface area (Å²) in [6.07, 6.45) is 35.7. The molecule has 0 aliphatic heterocycles. The summed E-state index contributed by atoms with van der Waals surface area (Å²) < 4.78 is 34.3. The zero-order valence-corrected chi connectivity index (χ0v) is 78.2. The number of hydrogen-bond donors (Lipinski definition) is 0. The summed E-state index contributed by atoms with van der Waals surface area (Å²) in [6, 6.07) is 107. The zero-order valence-electron chi connectivity index (χ0n) is 78.2. The Morgan fingerprint density at radius 2 is 0.269 bits per heavy atom. The molecule has 0 aromatic carbocycles. The first-order valence-electron chi connectivity index (χ1n) is 47.0. The maximum absolute atomic E-state index is 13.7. The van der Waals surface area contributed by atoms with Gasteiger partial charge >= 0.3 is 35.8 Å². The minimum Gasteiger partial charge on any atom is -0.462 e. The summed E-state index contributed by atoms with van der Waals surface area (Å²) in [4.78, 5) is 110. The number of rotatable bonds is 48. The first-order valence-corrected chi connectivity index (χ1v) is 47.0. The Hall–Kier alpha value is -15.3. The molecule has 7 rings (SSSR count). The average molecular weight is 1780 g/mol. The topological polar surface area (TPSA) is 235 Å². The second-order valence-corrected chi connectivity index (χ2v) is 31.2. The molecule has 0 amide bonds. The van der Waals surface area contributed by atoms with Crippen LogP contribution in [0.25, 0.3) is 66.2 Å². The minimum absolute atomic E-state index is 0.128. The van der Waals surface area contributed by atoms with E-state index >= 15 is 0 Å². The van der Waals surface area contributed by atoms with Crippen molar-refractivity contribution in [1.82, 2.24) is 29.9 Å². The van der Waals surface area contributed by atoms with Crippen molar-refractivity contribution < 1.29 is 57.2 Å². The van der Waals surface area contributed by atoms with Crippen LogP contribution >= 0.6 is 0 Å². The molecule has 7 heterocycles. The third-order valence-electron chi connectivity index (χ3n) is 19.9. The summed E-state index contributed by atoms with van der Waals surface area (Å²) in [6.45, 7) is 14.1. The van der Waals surface area contributed by atoms with Crippen molar-refractivity contribution in [3.63, 3.8) is 0 Å². The normalized spacial score (nSPS) is 9.60. The van der Waals surface area contributed by atoms with E-state index in [4.69, 9.17) is 28.4 Å². The molecule has 0 N–H and O–H groups in total. The fraction of sp³-hybridized carbons (Fsp3) is 0.414. The van der Waals surface area contributed by atoms with Crippen LogP contribution < -0.4 is 0 Å². The lowest BCUT2D eigenvalue weighted by molar-refractivity contribution is 0.0488. The molecule has 0 aliphatic carbocycles. The fourth-order valence-electron chi connectivity index (χ4n) is 12.8. The summed E-state index contributed by atoms with van der Waals surface area (Å²) >= 11 is 0. The number of unbranched alkanes of at least 4 members (excludes halogenated alkanes) is 30. The number of esters is 6. The average Bonchev–Trinajstić information content (AvgIpc) is 0.894. The predicted molar refractivity (Wildman–Crippen MR) is 510 cm³/mol. The molecule has 7 aromatic heterocycles. The Kier molecular flexibility index (Phi) is 52.8. The molecule has 7 aromatic rings. The number of carbonyl (C=O) groups is 6. The third-order valence-corrected chi connectivity index (χ3v) is 19.9. The number of hydrogen-bond acceptors (Lipinski definition) is 18. The number of ether oxygens (including phenoxy) is 6. The molecule has 0 atom stereocenters. The van der Waals surface area contributed by atoms with Gasteiger partial charge in [-0.2, -0.15) is 0 Å². The molecule has 0 unspecified atom stereocenters. The van der Waals surface area contributed by atoms with Gasteiger partial charge in [-0.3, -0.25) is 0 Å². The van der Waals surface area contributed by atoms with Gasteiger partial charge in [0.15, 0.2) is 0 Å². The molecule has 0 saturated carbocycles. The van der Waals surface area contributed by atoms with E-state index in [-0.39, 0.29) is 139 Å². The maximum Gasteiger partial charge on any atom is 0.338 e. The van der Waals surface area contributed by atoms with Crippen molar-refractivity contribution in [2.75, 3.05) is 39.6 Å². The van der Waals surface area contributed by atoms with Crippen LogP contribution in [0.1, 0.15) is 335 Å². The van der Waals surface area contributed by atoms with Crippen LogP contribution in [0.2, 0.25) is 0 Å². The van der Waals surface area contributed by atoms with Gasteiger partial charge in [0.05, 0.1) is 73.0 Å². The summed E-state index contributed by atoms with van der Waals surface area (Å²) in [7, 11) is 0. The number of pyridine rings is 6. The SMILES string of the molecule is CCCCCCCCOC(=O)c1cc2c#cc#cc#cc#cc3cc(C(=O)OCCCCCCCC)cc(c#cc#cc4cc(C(=O)OCCCCCCCC)cc(c#cc#cc5cc(C(=O)OCCCCCCCC)cc(c#cc#cc#cc#cc6cc(C(=O)OCCCCCCCC)cc(c#cc#cc7cc(C(=O)OCCCCCCCC)cc(c#cc#cc(c1)n2)n7)n6)n5)n4)n3. The molecule has 0 spiro atoms. The molecule has 18 nitrogen and oxygen atoms in total. The standard InChI is InChI=1S/C116H114N6O12/c1-7-13-19-25-39-57-75-129-111(123)93-81-99-63-45-35-31-32-36-46-64-100-82-94(112(124)130-76-58-40-26-20-14-8-2)86-104(118-100)69-51-55-73-109-91-98(116(128)134-80-62-44-30-24-18-12-6)92-110(122-109)74-56-52-70-106-88-96(114(126)132-78-60-42-28-22-16-10-4)84-102(120-106)66-48-38-34-33-37-47-65-101-83-95(113(125)131-77-59-41-27-21-15-9-3)87-105(119-101)68-50-54-72-108-90-97(115(127)133-79-61-43-29-23-17-11-5)89-107(121-108)71-53-49-67-103(85-93)117-99/h81-92H,7-30,39-44,57-62,75-80H2,1-6H3. The lowest BCUT2D eigenvalue weighted by atomic mass is 10.1. The van der Waals surface area contributed by atoms with E-state index < -0.39 is 35.8 Å². The van der Waals surface area contributed by atoms with E-state index in [9.17, 15) is 28.8 Å². The van der Waals surface area contributed by atoms with Crippen molar-refractivity contribution in [2.45, 2.75) is 273 Å². The van der Waals surface area contributed by atoms with Gasteiger partial charge in [-0.15, -0.1) is 0 Å². The highest BCUT2D eigenvalue weighted by atomic mass is 16.6. The van der Waals surface area contributed by atoms with Gasteiger partial charge in [-0.1, -0.05) is 234 Å². The van der Waals surface area contributed by atoms with E-state index in [0.29, 0.717) is 38.5 Å². The van der Waals surface area contributed by atoms with E-state index in [1.807, 2.05) is 0 Å². The largest absolute Gasteiger partial charge is 0.462 e. The minimum atomic E-state index is -0.607. The Balaban J connectivity index is 1.40. The van der Waals surface area contributed by atoms with Crippen LogP contribution in [0.15, 0.2) is 72.8 Å². The fourth-order valence-corrected chi connectivity index (χ4v) is 12.8. The van der Waals surface area contributed by atoms with Crippen LogP contribution in [-0.2, 0) is 28.4 Å². The lowest BCUT2D eigenvalue weighted by Crippen LogP contribution is -2.06. The molecule has 0 aliphatic rings. The highest BCUT2D eigenvalue weighted by Gasteiger charge is 2.15. The molecule has 0 saturated heterocycles. The molecule has 0 radical (unpaired) electrons. The van der Waals surface area contributed by atoms with Crippen molar-refractivity contribution in [3.8, 4) is 0 Å². The quantitative estimate of drug-likeness (QED) is 0.0196. The van der Waals surface area contributed by atoms with Crippen LogP contribution in [0.4, 0.5) is 0 Å². The smallest absolute Gasteiger partial charge is 0.338 e. The first kappa shape index (κ1) is 106. The number of carbonyl (C=O) groups excluding carboxylic acids is 6. The molecular weight excluding hydrogens is 1670 g/mol. The summed E-state index contributed by atoms with van der Waals surface area (Å²) in [5.41, 5.74) is 2.49. The van der Waals surface area contributed by atoms with Crippen molar-refractivity contribution >= 4 is 102 Å². The van der Waals surface area contributed by atoms with E-state index in [2.05, 4.69) is 266 Å². The van der Waals surface area contributed by atoms with Gasteiger partial charge in [0.25, 0.3) is 0 Å². The highest BCUT2D eigenvalue weighted by molar-refractivity contribution is 5.95. The molecular formula is C116H114N6O12. The zero-order chi connectivity index (χ0) is 95.2. The Labute approximate surface area is 797 Å². The highest BCUT2D eigenvalue weighted by Crippen LogP contribution is 2.18. The number of nitrogens with zero attached hydrogens (tertiary/aromatic N) is 6. The monoisotopic (exact) mass is 1780 g/mol. The molecule has 680 valence electrons. The van der Waals surface area contributed by atoms with Crippen molar-refractivity contribution in [1.29, 1.82) is 0 Å². The van der Waals surface area contributed by atoms with Gasteiger partial charge in [0.2, 0.25) is 0 Å². The summed E-state index contributed by atoms with van der Waals surface area (Å²) in [5.74, 6) is -3.61. The molecule has 134 heavy (non-hydrogen) atoms. The van der Waals surface area contributed by atoms with E-state index in [1.165, 1.54) is 72.8 Å². The van der Waals surface area contributed by atoms with Gasteiger partial charge < -0.3 is 28.4 Å². The predicted octanol–water partition coefficient (Wildman–Crippen LogP) is 24.4. The Morgan fingerprint density at radius 1 is 0.164 bits per heavy atom. The second-order valence-electron chi connectivity index (χ2n) is 31.2. The Morgan fingerprint density at radius 3 is 0.396 bits per heavy atom. The van der Waals surface area contributed by atoms with Gasteiger partial charge in [0.1, 0.15) is 66.2 Å². The van der Waals surface area contributed by atoms with Gasteiger partial charge in [-0.25, -0.2) is 58.7 Å². The first-order chi connectivity index (χ1) is 65.8. The number of aromatic nitrogens is 6. The summed E-state index contributed by atoms with van der Waals surface area (Å²) in [5, 5.41) is 0. The van der Waals surface area contributed by atoms with Crippen LogP contribution in [0.5, 0.6) is 0 Å². The number of fused-ring (bicyclic) bond motifs is 12. The molecule has 12 bridgehead atoms. The van der Waals surface area contributed by atoms with Crippen molar-refractivity contribution in [3.05, 3.63) is 300 Å². The van der Waals surface area contributed by atoms with Gasteiger partial charge in [0, 0.05) is 0 Å². The van der Waals surface area contributed by atoms with Crippen LogP contribution in [-0.4, -0.2) is 105 Å². The third kappa shape index (κ3) is 45.8. The van der Waals surface area contributed by atoms with E-state index in [0.717, 1.165) is 193 Å². The maximum atomic E-state index is 13.7. The van der Waals surface area contributed by atoms with Crippen LogP contribution in [0, 0.1) is 194 Å². The second kappa shape index (κ2) is 67.0. The van der Waals surface area contributed by atoms with Crippen LogP contribution in [0.3, 0.4) is 0 Å². The lowest BCUT2D eigenvalue weighted by Gasteiger charge is -2.05. The Bertz CT molecular complexity index is 4870. The molecule has 0 fully saturated rings. The van der Waals surface area contributed by atoms with E-state index in [1.54, 1.807) is 0 Å². The van der Waals surface area contributed by atoms with Gasteiger partial charge in [-0.05, 0) is 305 Å². The van der Waals surface area contributed by atoms with Crippen molar-refractivity contribution in [2.24, 2.45) is 0 Å².